The van der Waals surface area contributed by atoms with Gasteiger partial charge in [0.15, 0.2) is 0 Å². The minimum absolute atomic E-state index is 0.386. The highest BCUT2D eigenvalue weighted by Crippen LogP contribution is 2.10. The number of rotatable bonds is 6. The summed E-state index contributed by atoms with van der Waals surface area (Å²) in [6.45, 7) is 9.79. The molecule has 1 unspecified atom stereocenters. The Morgan fingerprint density at radius 3 is 2.94 bits per heavy atom. The van der Waals surface area contributed by atoms with Crippen LogP contribution >= 0.6 is 0 Å². The molecule has 0 amide bonds. The third kappa shape index (κ3) is 5.49. The minimum Gasteiger partial charge on any atom is -0.380 e. The van der Waals surface area contributed by atoms with Gasteiger partial charge in [0.1, 0.15) is 5.54 Å². The number of nitriles is 1. The Balaban J connectivity index is 2.32. The molecule has 0 aliphatic carbocycles. The van der Waals surface area contributed by atoms with Crippen LogP contribution in [0.15, 0.2) is 0 Å². The molecule has 98 valence electrons. The first-order chi connectivity index (χ1) is 8.20. The molecule has 1 N–H and O–H groups in total. The van der Waals surface area contributed by atoms with Crippen LogP contribution in [0.3, 0.4) is 0 Å². The molecule has 1 heterocycles. The fourth-order valence-corrected chi connectivity index (χ4v) is 1.99. The van der Waals surface area contributed by atoms with Gasteiger partial charge in [-0.25, -0.2) is 0 Å². The fraction of sp³-hybridized carbons (Fsp3) is 0.923. The lowest BCUT2D eigenvalue weighted by molar-refractivity contribution is 0.140. The van der Waals surface area contributed by atoms with Gasteiger partial charge in [-0.15, -0.1) is 0 Å². The van der Waals surface area contributed by atoms with Gasteiger partial charge in [0.05, 0.1) is 12.7 Å². The molecule has 1 aliphatic heterocycles. The summed E-state index contributed by atoms with van der Waals surface area (Å²) in [7, 11) is 0. The van der Waals surface area contributed by atoms with Gasteiger partial charge in [0, 0.05) is 26.2 Å². The Hall–Kier alpha value is -0.630. The molecule has 0 aromatic carbocycles. The van der Waals surface area contributed by atoms with Crippen molar-refractivity contribution in [2.45, 2.75) is 38.6 Å². The van der Waals surface area contributed by atoms with E-state index in [2.05, 4.69) is 23.2 Å². The maximum atomic E-state index is 9.24. The van der Waals surface area contributed by atoms with Crippen molar-refractivity contribution in [2.24, 2.45) is 0 Å². The third-order valence-electron chi connectivity index (χ3n) is 3.25. The SMILES string of the molecule is CCCNC(C)(C#N)CCN1CCCOCC1. The van der Waals surface area contributed by atoms with Crippen molar-refractivity contribution in [3.63, 3.8) is 0 Å². The lowest BCUT2D eigenvalue weighted by Gasteiger charge is -2.27. The zero-order valence-corrected chi connectivity index (χ0v) is 11.2. The van der Waals surface area contributed by atoms with E-state index in [1.165, 1.54) is 0 Å². The van der Waals surface area contributed by atoms with Gasteiger partial charge in [0.2, 0.25) is 0 Å². The number of nitrogens with one attached hydrogen (secondary N) is 1. The first-order valence-electron chi connectivity index (χ1n) is 6.66. The predicted octanol–water partition coefficient (Wildman–Crippen LogP) is 1.38. The zero-order valence-electron chi connectivity index (χ0n) is 11.2. The van der Waals surface area contributed by atoms with Crippen molar-refractivity contribution >= 4 is 0 Å². The van der Waals surface area contributed by atoms with Gasteiger partial charge >= 0.3 is 0 Å². The normalized spacial score (nSPS) is 21.5. The predicted molar refractivity (Wildman–Crippen MR) is 68.8 cm³/mol. The van der Waals surface area contributed by atoms with Crippen LogP contribution in [-0.4, -0.2) is 49.8 Å². The Labute approximate surface area is 105 Å². The number of nitrogens with zero attached hydrogens (tertiary/aromatic N) is 2. The molecule has 4 heteroatoms. The number of hydrogen-bond donors (Lipinski definition) is 1. The van der Waals surface area contributed by atoms with E-state index in [4.69, 9.17) is 4.74 Å². The van der Waals surface area contributed by atoms with Crippen LogP contribution in [-0.2, 0) is 4.74 Å². The molecule has 0 saturated carbocycles. The van der Waals surface area contributed by atoms with Gasteiger partial charge in [-0.2, -0.15) is 5.26 Å². The second kappa shape index (κ2) is 7.65. The summed E-state index contributed by atoms with van der Waals surface area (Å²) in [4.78, 5) is 2.40. The quantitative estimate of drug-likeness (QED) is 0.761. The van der Waals surface area contributed by atoms with E-state index in [1.54, 1.807) is 0 Å². The largest absolute Gasteiger partial charge is 0.380 e. The molecular formula is C13H25N3O. The summed E-state index contributed by atoms with van der Waals surface area (Å²) < 4.78 is 5.43. The van der Waals surface area contributed by atoms with Gasteiger partial charge in [-0.1, -0.05) is 6.92 Å². The molecule has 1 aliphatic rings. The Kier molecular flexibility index (Phi) is 6.49. The highest BCUT2D eigenvalue weighted by Gasteiger charge is 2.23. The third-order valence-corrected chi connectivity index (χ3v) is 3.25. The van der Waals surface area contributed by atoms with Crippen LogP contribution in [0.1, 0.15) is 33.1 Å². The maximum Gasteiger partial charge on any atom is 0.105 e. The van der Waals surface area contributed by atoms with Crippen LogP contribution in [0.4, 0.5) is 0 Å². The molecule has 1 atom stereocenters. The fourth-order valence-electron chi connectivity index (χ4n) is 1.99. The Morgan fingerprint density at radius 2 is 2.24 bits per heavy atom. The standard InChI is InChI=1S/C13H25N3O/c1-3-6-15-13(2,12-14)5-8-16-7-4-10-17-11-9-16/h15H,3-11H2,1-2H3. The monoisotopic (exact) mass is 239 g/mol. The van der Waals surface area contributed by atoms with E-state index in [0.717, 1.165) is 58.7 Å². The van der Waals surface area contributed by atoms with Gasteiger partial charge in [-0.05, 0) is 32.7 Å². The zero-order chi connectivity index (χ0) is 12.6. The van der Waals surface area contributed by atoms with Crippen molar-refractivity contribution in [3.8, 4) is 6.07 Å². The maximum absolute atomic E-state index is 9.24. The van der Waals surface area contributed by atoms with Gasteiger partial charge in [0.25, 0.3) is 0 Å². The van der Waals surface area contributed by atoms with Crippen molar-refractivity contribution in [1.29, 1.82) is 5.26 Å². The minimum atomic E-state index is -0.386. The van der Waals surface area contributed by atoms with Gasteiger partial charge in [-0.3, -0.25) is 5.32 Å². The summed E-state index contributed by atoms with van der Waals surface area (Å²) in [6.07, 6.45) is 3.05. The molecule has 0 bridgehead atoms. The highest BCUT2D eigenvalue weighted by atomic mass is 16.5. The van der Waals surface area contributed by atoms with E-state index in [0.29, 0.717) is 0 Å². The van der Waals surface area contributed by atoms with Crippen LogP contribution in [0, 0.1) is 11.3 Å². The molecule has 1 rings (SSSR count). The first kappa shape index (κ1) is 14.4. The van der Waals surface area contributed by atoms with Crippen molar-refractivity contribution in [3.05, 3.63) is 0 Å². The Morgan fingerprint density at radius 1 is 1.41 bits per heavy atom. The average molecular weight is 239 g/mol. The van der Waals surface area contributed by atoms with E-state index in [1.807, 2.05) is 6.92 Å². The summed E-state index contributed by atoms with van der Waals surface area (Å²) in [5.74, 6) is 0. The first-order valence-corrected chi connectivity index (χ1v) is 6.66. The van der Waals surface area contributed by atoms with Gasteiger partial charge < -0.3 is 9.64 Å². The molecular weight excluding hydrogens is 214 g/mol. The van der Waals surface area contributed by atoms with E-state index in [9.17, 15) is 5.26 Å². The summed E-state index contributed by atoms with van der Waals surface area (Å²) in [6, 6.07) is 2.40. The van der Waals surface area contributed by atoms with Crippen LogP contribution in [0.5, 0.6) is 0 Å². The summed E-state index contributed by atoms with van der Waals surface area (Å²) >= 11 is 0. The highest BCUT2D eigenvalue weighted by molar-refractivity contribution is 5.03. The Bertz CT molecular complexity index is 244. The van der Waals surface area contributed by atoms with E-state index >= 15 is 0 Å². The van der Waals surface area contributed by atoms with E-state index in [-0.39, 0.29) is 5.54 Å². The van der Waals surface area contributed by atoms with E-state index < -0.39 is 0 Å². The van der Waals surface area contributed by atoms with Crippen molar-refractivity contribution in [2.75, 3.05) is 39.4 Å². The second-order valence-electron chi connectivity index (χ2n) is 4.93. The molecule has 0 aromatic rings. The molecule has 17 heavy (non-hydrogen) atoms. The van der Waals surface area contributed by atoms with Crippen LogP contribution < -0.4 is 5.32 Å². The van der Waals surface area contributed by atoms with Crippen LogP contribution in [0.25, 0.3) is 0 Å². The summed E-state index contributed by atoms with van der Waals surface area (Å²) in [5, 5.41) is 12.6. The van der Waals surface area contributed by atoms with Crippen molar-refractivity contribution < 1.29 is 4.74 Å². The molecule has 0 aromatic heterocycles. The smallest absolute Gasteiger partial charge is 0.105 e. The molecule has 0 radical (unpaired) electrons. The van der Waals surface area contributed by atoms with Crippen LogP contribution in [0.2, 0.25) is 0 Å². The summed E-state index contributed by atoms with van der Waals surface area (Å²) in [5.41, 5.74) is -0.386. The molecule has 0 spiro atoms. The number of ether oxygens (including phenoxy) is 1. The molecule has 4 nitrogen and oxygen atoms in total. The lowest BCUT2D eigenvalue weighted by atomic mass is 9.99. The number of hydrogen-bond acceptors (Lipinski definition) is 4. The topological polar surface area (TPSA) is 48.3 Å². The molecule has 1 saturated heterocycles. The second-order valence-corrected chi connectivity index (χ2v) is 4.93. The van der Waals surface area contributed by atoms with Crippen molar-refractivity contribution in [1.82, 2.24) is 10.2 Å². The lowest BCUT2D eigenvalue weighted by Crippen LogP contribution is -2.44. The molecule has 1 fully saturated rings. The average Bonchev–Trinajstić information content (AvgIpc) is 2.62.